The van der Waals surface area contributed by atoms with Crippen molar-refractivity contribution in [1.29, 1.82) is 0 Å². The number of pyridine rings is 1. The van der Waals surface area contributed by atoms with Gasteiger partial charge in [0.1, 0.15) is 0 Å². The van der Waals surface area contributed by atoms with Crippen LogP contribution < -0.4 is 11.0 Å². The lowest BCUT2D eigenvalue weighted by Gasteiger charge is -2.14. The van der Waals surface area contributed by atoms with Gasteiger partial charge >= 0.3 is 0 Å². The predicted molar refractivity (Wildman–Crippen MR) is 139 cm³/mol. The highest BCUT2D eigenvalue weighted by Crippen LogP contribution is 2.26. The number of thioether (sulfide) groups is 1. The van der Waals surface area contributed by atoms with Crippen LogP contribution in [-0.2, 0) is 4.79 Å². The SMILES string of the molecule is Cc1ccc(-n2c(O)c(C=NNC(=O)CSc3ccc(Cl)cc3)c3ccccc3c2=O)cc1C. The fraction of sp³-hybridized carbons (Fsp3) is 0.115. The van der Waals surface area contributed by atoms with Crippen molar-refractivity contribution in [3.63, 3.8) is 0 Å². The Morgan fingerprint density at radius 3 is 2.47 bits per heavy atom. The number of aromatic nitrogens is 1. The zero-order valence-electron chi connectivity index (χ0n) is 18.6. The quantitative estimate of drug-likeness (QED) is 0.220. The summed E-state index contributed by atoms with van der Waals surface area (Å²) in [6.45, 7) is 3.93. The number of carbonyl (C=O) groups excluding carboxylic acids is 1. The van der Waals surface area contributed by atoms with E-state index in [1.54, 1.807) is 42.5 Å². The van der Waals surface area contributed by atoms with Gasteiger partial charge in [0.25, 0.3) is 5.56 Å². The van der Waals surface area contributed by atoms with Gasteiger partial charge in [-0.25, -0.2) is 9.99 Å². The Morgan fingerprint density at radius 2 is 1.76 bits per heavy atom. The monoisotopic (exact) mass is 491 g/mol. The van der Waals surface area contributed by atoms with Gasteiger partial charge in [0.05, 0.1) is 23.2 Å². The summed E-state index contributed by atoms with van der Waals surface area (Å²) in [5.74, 6) is -0.392. The molecule has 0 fully saturated rings. The molecule has 0 aliphatic heterocycles. The van der Waals surface area contributed by atoms with E-state index in [1.165, 1.54) is 22.5 Å². The first-order chi connectivity index (χ1) is 16.3. The number of benzene rings is 3. The second-order valence-corrected chi connectivity index (χ2v) is 9.21. The zero-order chi connectivity index (χ0) is 24.2. The minimum absolute atomic E-state index is 0.161. The highest BCUT2D eigenvalue weighted by atomic mass is 35.5. The third-order valence-electron chi connectivity index (χ3n) is 5.42. The first kappa shape index (κ1) is 23.6. The molecule has 0 bridgehead atoms. The van der Waals surface area contributed by atoms with Gasteiger partial charge in [0, 0.05) is 20.7 Å². The van der Waals surface area contributed by atoms with Crippen LogP contribution in [0.1, 0.15) is 16.7 Å². The van der Waals surface area contributed by atoms with Crippen molar-refractivity contribution in [3.05, 3.63) is 98.8 Å². The van der Waals surface area contributed by atoms with Gasteiger partial charge < -0.3 is 5.11 Å². The summed E-state index contributed by atoms with van der Waals surface area (Å²) in [7, 11) is 0. The maximum absolute atomic E-state index is 13.2. The fourth-order valence-corrected chi connectivity index (χ4v) is 4.29. The molecule has 0 saturated heterocycles. The average molecular weight is 492 g/mol. The van der Waals surface area contributed by atoms with Gasteiger partial charge in [-0.1, -0.05) is 35.9 Å². The number of rotatable bonds is 6. The van der Waals surface area contributed by atoms with Gasteiger partial charge in [-0.2, -0.15) is 5.10 Å². The Kier molecular flexibility index (Phi) is 7.05. The number of aromatic hydroxyl groups is 1. The molecule has 0 aliphatic carbocycles. The molecule has 3 aromatic carbocycles. The van der Waals surface area contributed by atoms with Gasteiger partial charge in [0.2, 0.25) is 11.8 Å². The molecule has 34 heavy (non-hydrogen) atoms. The lowest BCUT2D eigenvalue weighted by Crippen LogP contribution is -2.21. The first-order valence-electron chi connectivity index (χ1n) is 10.5. The predicted octanol–water partition coefficient (Wildman–Crippen LogP) is 5.21. The maximum atomic E-state index is 13.2. The molecule has 4 rings (SSSR count). The van der Waals surface area contributed by atoms with Crippen LogP contribution in [0.25, 0.3) is 16.5 Å². The van der Waals surface area contributed by atoms with E-state index in [9.17, 15) is 14.7 Å². The molecular weight excluding hydrogens is 470 g/mol. The molecule has 4 aromatic rings. The largest absolute Gasteiger partial charge is 0.494 e. The Hall–Kier alpha value is -3.55. The Labute approximate surface area is 205 Å². The van der Waals surface area contributed by atoms with E-state index in [1.807, 2.05) is 38.1 Å². The molecule has 0 radical (unpaired) electrons. The van der Waals surface area contributed by atoms with Crippen molar-refractivity contribution in [2.24, 2.45) is 5.10 Å². The third kappa shape index (κ3) is 5.00. The van der Waals surface area contributed by atoms with Crippen molar-refractivity contribution in [3.8, 4) is 11.6 Å². The molecule has 1 aromatic heterocycles. The molecule has 0 atom stereocenters. The number of hydrazone groups is 1. The second kappa shape index (κ2) is 10.2. The topological polar surface area (TPSA) is 83.7 Å². The highest BCUT2D eigenvalue weighted by molar-refractivity contribution is 8.00. The molecule has 0 saturated carbocycles. The molecule has 2 N–H and O–H groups in total. The van der Waals surface area contributed by atoms with Gasteiger partial charge in [-0.05, 0) is 67.4 Å². The molecule has 0 unspecified atom stereocenters. The summed E-state index contributed by atoms with van der Waals surface area (Å²) in [5.41, 5.74) is 5.11. The number of nitrogens with zero attached hydrogens (tertiary/aromatic N) is 2. The van der Waals surface area contributed by atoms with E-state index in [0.717, 1.165) is 16.0 Å². The van der Waals surface area contributed by atoms with E-state index >= 15 is 0 Å². The Bertz CT molecular complexity index is 1460. The Balaban J connectivity index is 1.63. The van der Waals surface area contributed by atoms with Gasteiger partial charge in [-0.3, -0.25) is 9.59 Å². The van der Waals surface area contributed by atoms with Crippen LogP contribution in [-0.4, -0.2) is 27.5 Å². The standard InChI is InChI=1S/C26H22ClN3O3S/c1-16-7-10-19(13-17(16)2)30-25(32)22-6-4-3-5-21(22)23(26(30)33)14-28-29-24(31)15-34-20-11-8-18(27)9-12-20/h3-14,33H,15H2,1-2H3,(H,29,31). The van der Waals surface area contributed by atoms with E-state index < -0.39 is 0 Å². The lowest BCUT2D eigenvalue weighted by atomic mass is 10.1. The summed E-state index contributed by atoms with van der Waals surface area (Å²) < 4.78 is 1.26. The summed E-state index contributed by atoms with van der Waals surface area (Å²) in [6, 6.07) is 19.7. The number of hydrogen-bond donors (Lipinski definition) is 2. The molecular formula is C26H22ClN3O3S. The fourth-order valence-electron chi connectivity index (χ4n) is 3.47. The van der Waals surface area contributed by atoms with Crippen LogP contribution in [0.2, 0.25) is 5.02 Å². The number of aryl methyl sites for hydroxylation is 2. The molecule has 6 nitrogen and oxygen atoms in total. The number of amides is 1. The smallest absolute Gasteiger partial charge is 0.265 e. The van der Waals surface area contributed by atoms with E-state index in [0.29, 0.717) is 27.0 Å². The minimum Gasteiger partial charge on any atom is -0.494 e. The molecule has 1 amide bonds. The van der Waals surface area contributed by atoms with Crippen LogP contribution in [0.4, 0.5) is 0 Å². The molecule has 172 valence electrons. The zero-order valence-corrected chi connectivity index (χ0v) is 20.2. The van der Waals surface area contributed by atoms with Gasteiger partial charge in [0.15, 0.2) is 0 Å². The van der Waals surface area contributed by atoms with Crippen molar-refractivity contribution in [1.82, 2.24) is 9.99 Å². The van der Waals surface area contributed by atoms with Crippen molar-refractivity contribution < 1.29 is 9.90 Å². The number of hydrogen-bond acceptors (Lipinski definition) is 5. The van der Waals surface area contributed by atoms with Crippen molar-refractivity contribution in [2.45, 2.75) is 18.7 Å². The maximum Gasteiger partial charge on any atom is 0.265 e. The summed E-state index contributed by atoms with van der Waals surface area (Å²) in [6.07, 6.45) is 1.36. The van der Waals surface area contributed by atoms with Crippen LogP contribution in [0.3, 0.4) is 0 Å². The first-order valence-corrected chi connectivity index (χ1v) is 11.9. The van der Waals surface area contributed by atoms with Crippen molar-refractivity contribution >= 4 is 46.3 Å². The molecule has 8 heteroatoms. The number of nitrogens with one attached hydrogen (secondary N) is 1. The minimum atomic E-state index is -0.336. The summed E-state index contributed by atoms with van der Waals surface area (Å²) in [4.78, 5) is 26.4. The highest BCUT2D eigenvalue weighted by Gasteiger charge is 2.16. The lowest BCUT2D eigenvalue weighted by molar-refractivity contribution is -0.118. The normalized spacial score (nSPS) is 11.3. The van der Waals surface area contributed by atoms with E-state index in [-0.39, 0.29) is 23.1 Å². The second-order valence-electron chi connectivity index (χ2n) is 7.73. The van der Waals surface area contributed by atoms with Crippen molar-refractivity contribution in [2.75, 3.05) is 5.75 Å². The number of fused-ring (bicyclic) bond motifs is 1. The van der Waals surface area contributed by atoms with Crippen LogP contribution in [0.5, 0.6) is 5.88 Å². The average Bonchev–Trinajstić information content (AvgIpc) is 2.83. The van der Waals surface area contributed by atoms with E-state index in [2.05, 4.69) is 10.5 Å². The van der Waals surface area contributed by atoms with Crippen LogP contribution in [0, 0.1) is 13.8 Å². The molecule has 0 aliphatic rings. The molecule has 1 heterocycles. The van der Waals surface area contributed by atoms with Crippen LogP contribution in [0.15, 0.2) is 81.5 Å². The molecule has 0 spiro atoms. The van der Waals surface area contributed by atoms with Gasteiger partial charge in [-0.15, -0.1) is 11.8 Å². The number of carbonyl (C=O) groups is 1. The Morgan fingerprint density at radius 1 is 1.06 bits per heavy atom. The van der Waals surface area contributed by atoms with E-state index in [4.69, 9.17) is 11.6 Å². The summed E-state index contributed by atoms with van der Waals surface area (Å²) >= 11 is 7.23. The third-order valence-corrected chi connectivity index (χ3v) is 6.68. The number of halogens is 1. The van der Waals surface area contributed by atoms with Crippen LogP contribution >= 0.6 is 23.4 Å². The summed E-state index contributed by atoms with van der Waals surface area (Å²) in [5, 5.41) is 16.7.